The first kappa shape index (κ1) is 19.3. The van der Waals surface area contributed by atoms with Crippen LogP contribution in [0.1, 0.15) is 27.2 Å². The number of nitrogens with zero attached hydrogens (tertiary/aromatic N) is 3. The van der Waals surface area contributed by atoms with Crippen LogP contribution < -0.4 is 5.32 Å². The number of carbonyl (C=O) groups excluding carboxylic acids is 1. The van der Waals surface area contributed by atoms with Gasteiger partial charge in [-0.25, -0.2) is 4.68 Å². The Balaban J connectivity index is 1.96. The summed E-state index contributed by atoms with van der Waals surface area (Å²) in [5.74, 6) is -1.19. The van der Waals surface area contributed by atoms with Gasteiger partial charge in [0, 0.05) is 18.3 Å². The van der Waals surface area contributed by atoms with Crippen molar-refractivity contribution in [1.82, 2.24) is 9.78 Å². The van der Waals surface area contributed by atoms with Crippen LogP contribution >= 0.6 is 0 Å². The summed E-state index contributed by atoms with van der Waals surface area (Å²) in [4.78, 5) is 17.4. The highest BCUT2D eigenvalue weighted by Gasteiger charge is 2.21. The normalized spacial score (nSPS) is 11.0. The van der Waals surface area contributed by atoms with Crippen molar-refractivity contribution in [2.24, 2.45) is 12.2 Å². The minimum absolute atomic E-state index is 0.0554. The molecule has 7 heteroatoms. The van der Waals surface area contributed by atoms with E-state index < -0.39 is 11.9 Å². The summed E-state index contributed by atoms with van der Waals surface area (Å²) in [7, 11) is 2.95. The summed E-state index contributed by atoms with van der Waals surface area (Å²) in [6, 6.07) is 13.2. The van der Waals surface area contributed by atoms with E-state index in [4.69, 9.17) is 4.84 Å². The van der Waals surface area contributed by atoms with E-state index >= 15 is 0 Å². The van der Waals surface area contributed by atoms with Crippen molar-refractivity contribution in [2.75, 3.05) is 12.4 Å². The van der Waals surface area contributed by atoms with E-state index in [9.17, 15) is 9.18 Å². The molecule has 0 saturated carbocycles. The van der Waals surface area contributed by atoms with E-state index in [-0.39, 0.29) is 5.56 Å². The van der Waals surface area contributed by atoms with E-state index in [1.165, 1.54) is 14.2 Å². The van der Waals surface area contributed by atoms with Gasteiger partial charge in [0.2, 0.25) is 5.95 Å². The second kappa shape index (κ2) is 8.04. The third-order valence-corrected chi connectivity index (χ3v) is 4.40. The number of carbonyl (C=O) groups is 1. The third-order valence-electron chi connectivity index (χ3n) is 4.40. The highest BCUT2D eigenvalue weighted by Crippen LogP contribution is 2.31. The molecule has 1 aromatic heterocycles. The molecule has 0 saturated heterocycles. The third kappa shape index (κ3) is 3.78. The SMILES string of the molecule is CON=Cc1ccc(-c2ccccc2NC(=O)c2c(C)nn(C)c2F)c(C)c1. The van der Waals surface area contributed by atoms with Crippen LogP contribution in [-0.4, -0.2) is 29.0 Å². The Hall–Kier alpha value is -3.48. The number of amides is 1. The molecule has 0 aliphatic heterocycles. The lowest BCUT2D eigenvalue weighted by Gasteiger charge is -2.13. The summed E-state index contributed by atoms with van der Waals surface area (Å²) in [6.07, 6.45) is 1.62. The van der Waals surface area contributed by atoms with Gasteiger partial charge in [-0.05, 0) is 42.7 Å². The predicted octanol–water partition coefficient (Wildman–Crippen LogP) is 4.08. The van der Waals surface area contributed by atoms with Gasteiger partial charge in [0.25, 0.3) is 5.91 Å². The molecule has 144 valence electrons. The zero-order valence-electron chi connectivity index (χ0n) is 16.2. The molecule has 0 aliphatic carbocycles. The molecule has 0 atom stereocenters. The number of nitrogens with one attached hydrogen (secondary N) is 1. The van der Waals surface area contributed by atoms with Crippen molar-refractivity contribution in [3.63, 3.8) is 0 Å². The van der Waals surface area contributed by atoms with E-state index in [2.05, 4.69) is 15.6 Å². The van der Waals surface area contributed by atoms with Crippen LogP contribution in [0.25, 0.3) is 11.1 Å². The van der Waals surface area contributed by atoms with Gasteiger partial charge in [-0.15, -0.1) is 0 Å². The average molecular weight is 380 g/mol. The van der Waals surface area contributed by atoms with Gasteiger partial charge in [0.15, 0.2) is 0 Å². The molecule has 1 amide bonds. The molecule has 1 heterocycles. The molecule has 6 nitrogen and oxygen atoms in total. The van der Waals surface area contributed by atoms with Crippen molar-refractivity contribution in [1.29, 1.82) is 0 Å². The maximum absolute atomic E-state index is 14.2. The Labute approximate surface area is 162 Å². The number of hydrogen-bond acceptors (Lipinski definition) is 4. The number of aryl methyl sites for hydroxylation is 3. The molecule has 0 fully saturated rings. The highest BCUT2D eigenvalue weighted by molar-refractivity contribution is 6.07. The van der Waals surface area contributed by atoms with Gasteiger partial charge in [-0.2, -0.15) is 9.49 Å². The van der Waals surface area contributed by atoms with Crippen LogP contribution in [0.15, 0.2) is 47.6 Å². The van der Waals surface area contributed by atoms with Gasteiger partial charge >= 0.3 is 0 Å². The Bertz CT molecular complexity index is 1060. The Morgan fingerprint density at radius 1 is 1.21 bits per heavy atom. The Morgan fingerprint density at radius 3 is 2.61 bits per heavy atom. The smallest absolute Gasteiger partial charge is 0.262 e. The van der Waals surface area contributed by atoms with Gasteiger partial charge in [0.1, 0.15) is 12.7 Å². The zero-order chi connectivity index (χ0) is 20.3. The number of benzene rings is 2. The lowest BCUT2D eigenvalue weighted by molar-refractivity contribution is 0.102. The number of oxime groups is 1. The largest absolute Gasteiger partial charge is 0.399 e. The Morgan fingerprint density at radius 2 is 1.96 bits per heavy atom. The van der Waals surface area contributed by atoms with Gasteiger partial charge in [-0.1, -0.05) is 35.5 Å². The Kier molecular flexibility index (Phi) is 5.54. The lowest BCUT2D eigenvalue weighted by atomic mass is 9.97. The molecule has 3 aromatic rings. The molecule has 0 aliphatic rings. The van der Waals surface area contributed by atoms with Crippen LogP contribution in [-0.2, 0) is 11.9 Å². The minimum atomic E-state index is -0.662. The molecule has 0 bridgehead atoms. The molecule has 0 radical (unpaired) electrons. The molecule has 28 heavy (non-hydrogen) atoms. The average Bonchev–Trinajstić information content (AvgIpc) is 2.92. The van der Waals surface area contributed by atoms with E-state index in [0.717, 1.165) is 26.9 Å². The van der Waals surface area contributed by atoms with Crippen molar-refractivity contribution in [3.05, 3.63) is 70.8 Å². The van der Waals surface area contributed by atoms with Crippen molar-refractivity contribution >= 4 is 17.8 Å². The number of anilines is 1. The molecular formula is C21H21FN4O2. The first-order valence-electron chi connectivity index (χ1n) is 8.69. The van der Waals surface area contributed by atoms with Crippen LogP contribution in [0.4, 0.5) is 10.1 Å². The van der Waals surface area contributed by atoms with Crippen molar-refractivity contribution in [2.45, 2.75) is 13.8 Å². The lowest BCUT2D eigenvalue weighted by Crippen LogP contribution is -2.15. The molecule has 0 spiro atoms. The maximum atomic E-state index is 14.2. The summed E-state index contributed by atoms with van der Waals surface area (Å²) >= 11 is 0. The van der Waals surface area contributed by atoms with E-state index in [1.54, 1.807) is 19.2 Å². The second-order valence-corrected chi connectivity index (χ2v) is 6.37. The fraction of sp³-hybridized carbons (Fsp3) is 0.190. The minimum Gasteiger partial charge on any atom is -0.399 e. The zero-order valence-corrected chi connectivity index (χ0v) is 16.2. The second-order valence-electron chi connectivity index (χ2n) is 6.37. The van der Waals surface area contributed by atoms with Crippen LogP contribution in [0, 0.1) is 19.8 Å². The first-order valence-corrected chi connectivity index (χ1v) is 8.69. The van der Waals surface area contributed by atoms with Crippen LogP contribution in [0.3, 0.4) is 0 Å². The topological polar surface area (TPSA) is 68.5 Å². The van der Waals surface area contributed by atoms with Crippen LogP contribution in [0.2, 0.25) is 0 Å². The fourth-order valence-corrected chi connectivity index (χ4v) is 3.08. The number of hydrogen-bond donors (Lipinski definition) is 1. The molecule has 2 aromatic carbocycles. The maximum Gasteiger partial charge on any atom is 0.262 e. The van der Waals surface area contributed by atoms with E-state index in [1.807, 2.05) is 43.3 Å². The highest BCUT2D eigenvalue weighted by atomic mass is 19.1. The molecule has 3 rings (SSSR count). The standard InChI is InChI=1S/C21H21FN4O2/c1-13-11-15(12-23-28-4)9-10-16(13)17-7-5-6-8-18(17)24-21(27)19-14(2)25-26(3)20(19)22/h5-12H,1-4H3,(H,24,27). The summed E-state index contributed by atoms with van der Waals surface area (Å²) in [6.45, 7) is 3.58. The number of para-hydroxylation sites is 1. The van der Waals surface area contributed by atoms with E-state index in [0.29, 0.717) is 11.4 Å². The summed E-state index contributed by atoms with van der Waals surface area (Å²) in [5, 5.41) is 10.5. The predicted molar refractivity (Wildman–Crippen MR) is 107 cm³/mol. The molecule has 0 unspecified atom stereocenters. The van der Waals surface area contributed by atoms with Gasteiger partial charge < -0.3 is 10.2 Å². The first-order chi connectivity index (χ1) is 13.4. The number of rotatable bonds is 5. The van der Waals surface area contributed by atoms with Crippen molar-refractivity contribution in [3.8, 4) is 11.1 Å². The fourth-order valence-electron chi connectivity index (χ4n) is 3.08. The quantitative estimate of drug-likeness (QED) is 0.536. The van der Waals surface area contributed by atoms with Gasteiger partial charge in [-0.3, -0.25) is 4.79 Å². The summed E-state index contributed by atoms with van der Waals surface area (Å²) < 4.78 is 15.3. The summed E-state index contributed by atoms with van der Waals surface area (Å²) in [5.41, 5.74) is 4.58. The van der Waals surface area contributed by atoms with Gasteiger partial charge in [0.05, 0.1) is 11.9 Å². The number of halogens is 1. The molecule has 1 N–H and O–H groups in total. The monoisotopic (exact) mass is 380 g/mol. The van der Waals surface area contributed by atoms with Crippen LogP contribution in [0.5, 0.6) is 0 Å². The van der Waals surface area contributed by atoms with Crippen molar-refractivity contribution < 1.29 is 14.0 Å². The molecular weight excluding hydrogens is 359 g/mol. The number of aromatic nitrogens is 2.